The molecule has 1 atom stereocenters. The SMILES string of the molecule is CCOc1cc(C(=O)N2CCCC(Oc3ncc(Cl)cn3)C2)cc(OCC)c1OCC. The molecule has 0 N–H and O–H groups in total. The topological polar surface area (TPSA) is 83.0 Å². The predicted octanol–water partition coefficient (Wildman–Crippen LogP) is 4.01. The maximum absolute atomic E-state index is 13.3. The molecule has 3 rings (SSSR count). The molecule has 0 bridgehead atoms. The van der Waals surface area contributed by atoms with E-state index >= 15 is 0 Å². The molecule has 1 aliphatic heterocycles. The zero-order chi connectivity index (χ0) is 22.2. The summed E-state index contributed by atoms with van der Waals surface area (Å²) in [6, 6.07) is 3.68. The first kappa shape index (κ1) is 22.9. The number of likely N-dealkylation sites (tertiary alicyclic amines) is 1. The summed E-state index contributed by atoms with van der Waals surface area (Å²) in [4.78, 5) is 23.2. The molecule has 1 unspecified atom stereocenters. The van der Waals surface area contributed by atoms with Crippen LogP contribution in [0.15, 0.2) is 24.5 Å². The molecule has 1 saturated heterocycles. The van der Waals surface area contributed by atoms with Crippen LogP contribution < -0.4 is 18.9 Å². The van der Waals surface area contributed by atoms with Crippen molar-refractivity contribution in [3.63, 3.8) is 0 Å². The second kappa shape index (κ2) is 11.0. The van der Waals surface area contributed by atoms with Gasteiger partial charge in [-0.15, -0.1) is 0 Å². The highest BCUT2D eigenvalue weighted by Gasteiger charge is 2.28. The lowest BCUT2D eigenvalue weighted by Crippen LogP contribution is -2.44. The molecule has 1 aromatic carbocycles. The number of benzene rings is 1. The summed E-state index contributed by atoms with van der Waals surface area (Å²) < 4.78 is 23.1. The number of hydrogen-bond donors (Lipinski definition) is 0. The van der Waals surface area contributed by atoms with Crippen molar-refractivity contribution in [1.82, 2.24) is 14.9 Å². The van der Waals surface area contributed by atoms with Gasteiger partial charge in [-0.05, 0) is 45.7 Å². The van der Waals surface area contributed by atoms with Crippen LogP contribution in [0.5, 0.6) is 23.3 Å². The van der Waals surface area contributed by atoms with Gasteiger partial charge in [-0.2, -0.15) is 0 Å². The van der Waals surface area contributed by atoms with Crippen molar-refractivity contribution in [2.45, 2.75) is 39.7 Å². The molecule has 0 radical (unpaired) electrons. The van der Waals surface area contributed by atoms with Crippen molar-refractivity contribution in [1.29, 1.82) is 0 Å². The van der Waals surface area contributed by atoms with Crippen LogP contribution in [-0.4, -0.2) is 59.8 Å². The molecule has 31 heavy (non-hydrogen) atoms. The number of nitrogens with zero attached hydrogens (tertiary/aromatic N) is 3. The van der Waals surface area contributed by atoms with Gasteiger partial charge in [0.1, 0.15) is 6.10 Å². The van der Waals surface area contributed by atoms with Gasteiger partial charge in [0.15, 0.2) is 11.5 Å². The lowest BCUT2D eigenvalue weighted by Gasteiger charge is -2.32. The molecular weight excluding hydrogens is 422 g/mol. The molecule has 0 spiro atoms. The third-order valence-electron chi connectivity index (χ3n) is 4.69. The first-order chi connectivity index (χ1) is 15.0. The van der Waals surface area contributed by atoms with Crippen LogP contribution in [0, 0.1) is 0 Å². The Balaban J connectivity index is 1.79. The van der Waals surface area contributed by atoms with Crippen LogP contribution in [0.25, 0.3) is 0 Å². The molecule has 1 amide bonds. The molecule has 2 aromatic rings. The summed E-state index contributed by atoms with van der Waals surface area (Å²) >= 11 is 5.83. The Morgan fingerprint density at radius 1 is 1.06 bits per heavy atom. The standard InChI is InChI=1S/C22H28ClN3O5/c1-4-28-18-10-15(11-19(29-5-2)20(18)30-6-3)21(27)26-9-7-8-17(14-26)31-22-24-12-16(23)13-25-22/h10-13,17H,4-9,14H2,1-3H3. The molecule has 1 aromatic heterocycles. The van der Waals surface area contributed by atoms with Crippen molar-refractivity contribution in [2.24, 2.45) is 0 Å². The number of halogens is 1. The van der Waals surface area contributed by atoms with E-state index in [-0.39, 0.29) is 18.0 Å². The molecule has 168 valence electrons. The number of rotatable bonds is 9. The van der Waals surface area contributed by atoms with E-state index in [1.54, 1.807) is 17.0 Å². The summed E-state index contributed by atoms with van der Waals surface area (Å²) in [6.07, 6.45) is 4.41. The molecule has 9 heteroatoms. The number of carbonyl (C=O) groups excluding carboxylic acids is 1. The Labute approximate surface area is 187 Å². The zero-order valence-corrected chi connectivity index (χ0v) is 18.9. The minimum atomic E-state index is -0.195. The third-order valence-corrected chi connectivity index (χ3v) is 4.89. The molecular formula is C22H28ClN3O5. The van der Waals surface area contributed by atoms with Gasteiger partial charge in [0.2, 0.25) is 5.75 Å². The average Bonchev–Trinajstić information content (AvgIpc) is 2.77. The van der Waals surface area contributed by atoms with Gasteiger partial charge in [-0.3, -0.25) is 4.79 Å². The second-order valence-electron chi connectivity index (χ2n) is 6.92. The normalized spacial score (nSPS) is 16.0. The van der Waals surface area contributed by atoms with Gasteiger partial charge < -0.3 is 23.8 Å². The molecule has 8 nitrogen and oxygen atoms in total. The number of piperidine rings is 1. The fraction of sp³-hybridized carbons (Fsp3) is 0.500. The van der Waals surface area contributed by atoms with Crippen LogP contribution in [0.4, 0.5) is 0 Å². The summed E-state index contributed by atoms with van der Waals surface area (Å²) in [5.41, 5.74) is 0.485. The fourth-order valence-electron chi connectivity index (χ4n) is 3.42. The van der Waals surface area contributed by atoms with Gasteiger partial charge in [0.25, 0.3) is 5.91 Å². The third kappa shape index (κ3) is 5.91. The van der Waals surface area contributed by atoms with Crippen LogP contribution in [0.3, 0.4) is 0 Å². The minimum Gasteiger partial charge on any atom is -0.490 e. The highest BCUT2D eigenvalue weighted by molar-refractivity contribution is 6.30. The van der Waals surface area contributed by atoms with Crippen molar-refractivity contribution >= 4 is 17.5 Å². The van der Waals surface area contributed by atoms with Gasteiger partial charge in [-0.25, -0.2) is 9.97 Å². The van der Waals surface area contributed by atoms with E-state index in [4.69, 9.17) is 30.5 Å². The molecule has 1 aliphatic rings. The van der Waals surface area contributed by atoms with Crippen molar-refractivity contribution in [3.05, 3.63) is 35.1 Å². The largest absolute Gasteiger partial charge is 0.490 e. The maximum Gasteiger partial charge on any atom is 0.316 e. The lowest BCUT2D eigenvalue weighted by molar-refractivity contribution is 0.0515. The Morgan fingerprint density at radius 2 is 1.68 bits per heavy atom. The number of aromatic nitrogens is 2. The summed E-state index contributed by atoms with van der Waals surface area (Å²) in [7, 11) is 0. The van der Waals surface area contributed by atoms with Crippen molar-refractivity contribution in [3.8, 4) is 23.3 Å². The van der Waals surface area contributed by atoms with Crippen LogP contribution in [0.2, 0.25) is 5.02 Å². The minimum absolute atomic E-state index is 0.115. The van der Waals surface area contributed by atoms with E-state index in [0.717, 1.165) is 12.8 Å². The van der Waals surface area contributed by atoms with Crippen LogP contribution in [-0.2, 0) is 0 Å². The zero-order valence-electron chi connectivity index (χ0n) is 18.1. The smallest absolute Gasteiger partial charge is 0.316 e. The van der Waals surface area contributed by atoms with Gasteiger partial charge in [0.05, 0.1) is 43.8 Å². The van der Waals surface area contributed by atoms with E-state index in [1.165, 1.54) is 12.4 Å². The highest BCUT2D eigenvalue weighted by atomic mass is 35.5. The second-order valence-corrected chi connectivity index (χ2v) is 7.35. The number of amides is 1. The number of carbonyl (C=O) groups is 1. The van der Waals surface area contributed by atoms with Crippen LogP contribution in [0.1, 0.15) is 44.0 Å². The molecule has 2 heterocycles. The number of hydrogen-bond acceptors (Lipinski definition) is 7. The Bertz CT molecular complexity index is 851. The summed E-state index contributed by atoms with van der Waals surface area (Å²) in [6.45, 7) is 8.10. The van der Waals surface area contributed by atoms with Gasteiger partial charge in [0, 0.05) is 12.1 Å². The van der Waals surface area contributed by atoms with E-state index in [1.807, 2.05) is 20.8 Å². The summed E-state index contributed by atoms with van der Waals surface area (Å²) in [5, 5.41) is 0.443. The molecule has 0 aliphatic carbocycles. The number of ether oxygens (including phenoxy) is 4. The Kier molecular flexibility index (Phi) is 8.17. The molecule has 1 fully saturated rings. The Morgan fingerprint density at radius 3 is 2.26 bits per heavy atom. The maximum atomic E-state index is 13.3. The van der Waals surface area contributed by atoms with Crippen molar-refractivity contribution in [2.75, 3.05) is 32.9 Å². The first-order valence-corrected chi connectivity index (χ1v) is 10.9. The molecule has 0 saturated carbocycles. The summed E-state index contributed by atoms with van der Waals surface area (Å²) in [5.74, 6) is 1.40. The van der Waals surface area contributed by atoms with E-state index in [2.05, 4.69) is 9.97 Å². The predicted molar refractivity (Wildman–Crippen MR) is 117 cm³/mol. The quantitative estimate of drug-likeness (QED) is 0.571. The lowest BCUT2D eigenvalue weighted by atomic mass is 10.1. The fourth-order valence-corrected chi connectivity index (χ4v) is 3.52. The van der Waals surface area contributed by atoms with E-state index in [9.17, 15) is 4.79 Å². The van der Waals surface area contributed by atoms with Gasteiger partial charge in [-0.1, -0.05) is 11.6 Å². The Hall–Kier alpha value is -2.74. The average molecular weight is 450 g/mol. The monoisotopic (exact) mass is 449 g/mol. The van der Waals surface area contributed by atoms with E-state index in [0.29, 0.717) is 60.7 Å². The highest BCUT2D eigenvalue weighted by Crippen LogP contribution is 2.39. The van der Waals surface area contributed by atoms with E-state index < -0.39 is 0 Å². The van der Waals surface area contributed by atoms with Crippen molar-refractivity contribution < 1.29 is 23.7 Å². The van der Waals surface area contributed by atoms with Gasteiger partial charge >= 0.3 is 6.01 Å². The first-order valence-electron chi connectivity index (χ1n) is 10.6. The van der Waals surface area contributed by atoms with Crippen LogP contribution >= 0.6 is 11.6 Å².